The number of thiazole rings is 1. The van der Waals surface area contributed by atoms with Gasteiger partial charge in [-0.3, -0.25) is 4.98 Å². The molecule has 0 radical (unpaired) electrons. The Morgan fingerprint density at radius 1 is 1.22 bits per heavy atom. The molecule has 3 aromatic rings. The normalized spacial score (nSPS) is 11.5. The van der Waals surface area contributed by atoms with Gasteiger partial charge < -0.3 is 4.74 Å². The molecule has 6 nitrogen and oxygen atoms in total. The number of aromatic nitrogens is 2. The number of sulfonamides is 1. The third-order valence-electron chi connectivity index (χ3n) is 3.80. The summed E-state index contributed by atoms with van der Waals surface area (Å²) in [7, 11) is -2.20. The van der Waals surface area contributed by atoms with Crippen LogP contribution in [0.15, 0.2) is 57.5 Å². The molecule has 0 aliphatic carbocycles. The van der Waals surface area contributed by atoms with Crippen LogP contribution in [0.2, 0.25) is 0 Å². The van der Waals surface area contributed by atoms with Gasteiger partial charge in [-0.15, -0.1) is 11.3 Å². The minimum Gasteiger partial charge on any atom is -0.495 e. The van der Waals surface area contributed by atoms with E-state index in [4.69, 9.17) is 4.74 Å². The molecule has 0 unspecified atom stereocenters. The summed E-state index contributed by atoms with van der Waals surface area (Å²) in [4.78, 5) is 8.72. The van der Waals surface area contributed by atoms with E-state index in [2.05, 4.69) is 30.6 Å². The Bertz CT molecular complexity index is 1010. The van der Waals surface area contributed by atoms with Crippen LogP contribution in [0, 0.1) is 0 Å². The van der Waals surface area contributed by atoms with Crippen LogP contribution in [0.4, 0.5) is 0 Å². The number of ether oxygens (including phenoxy) is 1. The maximum absolute atomic E-state index is 12.5. The van der Waals surface area contributed by atoms with Crippen molar-refractivity contribution in [2.45, 2.75) is 17.7 Å². The third kappa shape index (κ3) is 5.13. The lowest BCUT2D eigenvalue weighted by Gasteiger charge is -2.11. The second-order valence-electron chi connectivity index (χ2n) is 5.66. The molecule has 1 N–H and O–H groups in total. The number of rotatable bonds is 8. The third-order valence-corrected chi connectivity index (χ3v) is 6.69. The first-order chi connectivity index (χ1) is 13.0. The molecule has 142 valence electrons. The Labute approximate surface area is 170 Å². The van der Waals surface area contributed by atoms with Gasteiger partial charge in [-0.25, -0.2) is 18.1 Å². The quantitative estimate of drug-likeness (QED) is 0.508. The van der Waals surface area contributed by atoms with Crippen LogP contribution in [-0.2, 0) is 16.4 Å². The van der Waals surface area contributed by atoms with E-state index in [1.54, 1.807) is 35.9 Å². The molecular weight excluding hydrogens is 450 g/mol. The fraction of sp³-hybridized carbons (Fsp3) is 0.222. The molecule has 0 saturated heterocycles. The predicted molar refractivity (Wildman–Crippen MR) is 110 cm³/mol. The van der Waals surface area contributed by atoms with Crippen molar-refractivity contribution < 1.29 is 13.2 Å². The Kier molecular flexibility index (Phi) is 6.59. The molecule has 2 heterocycles. The Morgan fingerprint density at radius 2 is 2.00 bits per heavy atom. The molecule has 0 spiro atoms. The SMILES string of the molecule is COc1ccc(Br)cc1S(=O)(=O)NCCCc1nc(-c2ccncc2)cs1. The number of nitrogens with one attached hydrogen (secondary N) is 1. The highest BCUT2D eigenvalue weighted by Gasteiger charge is 2.19. The second kappa shape index (κ2) is 8.92. The van der Waals surface area contributed by atoms with Gasteiger partial charge in [0.2, 0.25) is 10.0 Å². The van der Waals surface area contributed by atoms with Crippen LogP contribution in [0.1, 0.15) is 11.4 Å². The molecule has 0 aliphatic heterocycles. The molecule has 0 bridgehead atoms. The van der Waals surface area contributed by atoms with Gasteiger partial charge >= 0.3 is 0 Å². The van der Waals surface area contributed by atoms with Crippen LogP contribution in [0.5, 0.6) is 5.75 Å². The van der Waals surface area contributed by atoms with Crippen molar-refractivity contribution in [2.75, 3.05) is 13.7 Å². The van der Waals surface area contributed by atoms with Gasteiger partial charge in [0.15, 0.2) is 0 Å². The molecule has 9 heteroatoms. The van der Waals surface area contributed by atoms with Crippen LogP contribution in [-0.4, -0.2) is 32.0 Å². The number of benzene rings is 1. The number of hydrogen-bond donors (Lipinski definition) is 1. The zero-order chi connectivity index (χ0) is 19.3. The summed E-state index contributed by atoms with van der Waals surface area (Å²) < 4.78 is 33.5. The number of hydrogen-bond acceptors (Lipinski definition) is 6. The van der Waals surface area contributed by atoms with E-state index < -0.39 is 10.0 Å². The van der Waals surface area contributed by atoms with Gasteiger partial charge in [0.1, 0.15) is 10.6 Å². The molecule has 0 amide bonds. The van der Waals surface area contributed by atoms with E-state index >= 15 is 0 Å². The standard InChI is InChI=1S/C18H18BrN3O3S2/c1-25-16-5-4-14(19)11-17(16)27(23,24)21-8-2-3-18-22-15(12-26-18)13-6-9-20-10-7-13/h4-7,9-12,21H,2-3,8H2,1H3. The van der Waals surface area contributed by atoms with Crippen LogP contribution in [0.25, 0.3) is 11.3 Å². The number of halogens is 1. The molecule has 27 heavy (non-hydrogen) atoms. The van der Waals surface area contributed by atoms with Crippen LogP contribution in [0.3, 0.4) is 0 Å². The van der Waals surface area contributed by atoms with Crippen molar-refractivity contribution in [1.29, 1.82) is 0 Å². The smallest absolute Gasteiger partial charge is 0.244 e. The number of pyridine rings is 1. The van der Waals surface area contributed by atoms with Crippen molar-refractivity contribution in [3.8, 4) is 17.0 Å². The number of aryl methyl sites for hydroxylation is 1. The first-order valence-electron chi connectivity index (χ1n) is 8.17. The zero-order valence-corrected chi connectivity index (χ0v) is 17.8. The van der Waals surface area contributed by atoms with E-state index in [9.17, 15) is 8.42 Å². The Hall–Kier alpha value is -1.81. The lowest BCUT2D eigenvalue weighted by Crippen LogP contribution is -2.25. The molecule has 2 aromatic heterocycles. The van der Waals surface area contributed by atoms with Crippen molar-refractivity contribution in [3.05, 3.63) is 57.6 Å². The fourth-order valence-electron chi connectivity index (χ4n) is 2.47. The molecule has 0 aliphatic rings. The van der Waals surface area contributed by atoms with Gasteiger partial charge in [-0.2, -0.15) is 0 Å². The summed E-state index contributed by atoms with van der Waals surface area (Å²) in [6.07, 6.45) is 4.82. The maximum Gasteiger partial charge on any atom is 0.244 e. The van der Waals surface area contributed by atoms with E-state index in [0.717, 1.165) is 16.3 Å². The minimum absolute atomic E-state index is 0.119. The van der Waals surface area contributed by atoms with Gasteiger partial charge in [-0.1, -0.05) is 15.9 Å². The molecule has 0 saturated carbocycles. The minimum atomic E-state index is -3.65. The lowest BCUT2D eigenvalue weighted by atomic mass is 10.2. The summed E-state index contributed by atoms with van der Waals surface area (Å²) >= 11 is 4.87. The van der Waals surface area contributed by atoms with Gasteiger partial charge in [-0.05, 0) is 36.8 Å². The topological polar surface area (TPSA) is 81.2 Å². The van der Waals surface area contributed by atoms with E-state index in [1.165, 1.54) is 13.2 Å². The highest BCUT2D eigenvalue weighted by molar-refractivity contribution is 9.10. The first-order valence-corrected chi connectivity index (χ1v) is 11.3. The average molecular weight is 468 g/mol. The van der Waals surface area contributed by atoms with Crippen molar-refractivity contribution in [3.63, 3.8) is 0 Å². The number of nitrogens with zero attached hydrogens (tertiary/aromatic N) is 2. The Balaban J connectivity index is 1.57. The highest BCUT2D eigenvalue weighted by atomic mass is 79.9. The van der Waals surface area contributed by atoms with Gasteiger partial charge in [0.25, 0.3) is 0 Å². The average Bonchev–Trinajstić information content (AvgIpc) is 3.15. The van der Waals surface area contributed by atoms with Gasteiger partial charge in [0, 0.05) is 40.8 Å². The largest absolute Gasteiger partial charge is 0.495 e. The Morgan fingerprint density at radius 3 is 2.74 bits per heavy atom. The van der Waals surface area contributed by atoms with Gasteiger partial charge in [0.05, 0.1) is 17.8 Å². The van der Waals surface area contributed by atoms with Crippen molar-refractivity contribution >= 4 is 37.3 Å². The molecular formula is C18H18BrN3O3S2. The number of methoxy groups -OCH3 is 1. The summed E-state index contributed by atoms with van der Waals surface area (Å²) in [5.74, 6) is 0.313. The fourth-order valence-corrected chi connectivity index (χ4v) is 5.09. The summed E-state index contributed by atoms with van der Waals surface area (Å²) in [5, 5.41) is 2.97. The summed E-state index contributed by atoms with van der Waals surface area (Å²) in [6.45, 7) is 0.322. The highest BCUT2D eigenvalue weighted by Crippen LogP contribution is 2.27. The molecule has 1 aromatic carbocycles. The molecule has 3 rings (SSSR count). The van der Waals surface area contributed by atoms with Crippen LogP contribution < -0.4 is 9.46 Å². The summed E-state index contributed by atoms with van der Waals surface area (Å²) in [5.41, 5.74) is 1.94. The van der Waals surface area contributed by atoms with E-state index in [-0.39, 0.29) is 4.90 Å². The van der Waals surface area contributed by atoms with Crippen molar-refractivity contribution in [1.82, 2.24) is 14.7 Å². The first kappa shape index (κ1) is 19.9. The van der Waals surface area contributed by atoms with Crippen molar-refractivity contribution in [2.24, 2.45) is 0 Å². The second-order valence-corrected chi connectivity index (χ2v) is 9.25. The van der Waals surface area contributed by atoms with Crippen LogP contribution >= 0.6 is 27.3 Å². The zero-order valence-electron chi connectivity index (χ0n) is 14.6. The van der Waals surface area contributed by atoms with E-state index in [0.29, 0.717) is 29.6 Å². The lowest BCUT2D eigenvalue weighted by molar-refractivity contribution is 0.402. The van der Waals surface area contributed by atoms with E-state index in [1.807, 2.05) is 17.5 Å². The summed E-state index contributed by atoms with van der Waals surface area (Å²) in [6, 6.07) is 8.72. The molecule has 0 atom stereocenters. The monoisotopic (exact) mass is 467 g/mol. The predicted octanol–water partition coefficient (Wildman–Crippen LogP) is 3.89. The molecule has 0 fully saturated rings. The maximum atomic E-state index is 12.5.